The second-order valence-corrected chi connectivity index (χ2v) is 3.42. The van der Waals surface area contributed by atoms with E-state index in [4.69, 9.17) is 4.74 Å². The van der Waals surface area contributed by atoms with E-state index in [0.717, 1.165) is 18.8 Å². The van der Waals surface area contributed by atoms with Crippen LogP contribution in [-0.4, -0.2) is 13.7 Å². The molecule has 0 radical (unpaired) electrons. The largest absolute Gasteiger partial charge is 0.494 e. The van der Waals surface area contributed by atoms with Crippen LogP contribution in [0.3, 0.4) is 0 Å². The van der Waals surface area contributed by atoms with Crippen LogP contribution in [0.4, 0.5) is 0 Å². The zero-order chi connectivity index (χ0) is 11.1. The number of rotatable bonds is 6. The third-order valence-electron chi connectivity index (χ3n) is 2.24. The molecule has 1 aromatic rings. The van der Waals surface area contributed by atoms with Crippen molar-refractivity contribution in [3.05, 3.63) is 42.5 Å². The molecule has 0 aliphatic carbocycles. The lowest BCUT2D eigenvalue weighted by atomic mass is 10.1. The molecular formula is C13H19NO. The second-order valence-electron chi connectivity index (χ2n) is 3.42. The Hall–Kier alpha value is -1.28. The first-order chi connectivity index (χ1) is 7.31. The van der Waals surface area contributed by atoms with Gasteiger partial charge in [-0.15, -0.1) is 6.58 Å². The Morgan fingerprint density at radius 1 is 1.53 bits per heavy atom. The minimum atomic E-state index is 0.190. The summed E-state index contributed by atoms with van der Waals surface area (Å²) < 4.78 is 5.57. The van der Waals surface area contributed by atoms with Gasteiger partial charge in [0.05, 0.1) is 12.6 Å². The predicted octanol–water partition coefficient (Wildman–Crippen LogP) is 2.92. The topological polar surface area (TPSA) is 21.3 Å². The van der Waals surface area contributed by atoms with Gasteiger partial charge in [0.1, 0.15) is 5.75 Å². The fourth-order valence-electron chi connectivity index (χ4n) is 1.44. The quantitative estimate of drug-likeness (QED) is 0.721. The molecule has 1 aromatic carbocycles. The highest BCUT2D eigenvalue weighted by Gasteiger charge is 2.04. The fourth-order valence-corrected chi connectivity index (χ4v) is 1.44. The van der Waals surface area contributed by atoms with Gasteiger partial charge in [-0.25, -0.2) is 0 Å². The summed E-state index contributed by atoms with van der Waals surface area (Å²) in [6.07, 6.45) is 2.92. The van der Waals surface area contributed by atoms with Crippen LogP contribution < -0.4 is 10.1 Å². The molecule has 1 rings (SSSR count). The first kappa shape index (κ1) is 11.8. The maximum atomic E-state index is 5.57. The number of hydrogen-bond acceptors (Lipinski definition) is 2. The van der Waals surface area contributed by atoms with Crippen LogP contribution in [0.2, 0.25) is 0 Å². The first-order valence-electron chi connectivity index (χ1n) is 5.34. The molecule has 0 heterocycles. The zero-order valence-corrected chi connectivity index (χ0v) is 9.49. The number of likely N-dealkylation sites (N-methyl/N-ethyl adjacent to an activating group) is 1. The Balaban J connectivity index is 2.76. The summed E-state index contributed by atoms with van der Waals surface area (Å²) in [6.45, 7) is 6.66. The Morgan fingerprint density at radius 3 is 2.93 bits per heavy atom. The van der Waals surface area contributed by atoms with Crippen molar-refractivity contribution in [2.45, 2.75) is 19.4 Å². The van der Waals surface area contributed by atoms with E-state index in [0.29, 0.717) is 0 Å². The standard InChI is InChI=1S/C13H19NO/c1-4-9-15-12-8-6-7-11(10-12)13(5-2)14-3/h5-8,10,13-14H,2,4,9H2,1,3H3. The van der Waals surface area contributed by atoms with Crippen molar-refractivity contribution in [1.29, 1.82) is 0 Å². The minimum Gasteiger partial charge on any atom is -0.494 e. The van der Waals surface area contributed by atoms with Crippen LogP contribution in [0.5, 0.6) is 5.75 Å². The van der Waals surface area contributed by atoms with E-state index in [2.05, 4.69) is 31.0 Å². The Morgan fingerprint density at radius 2 is 2.33 bits per heavy atom. The van der Waals surface area contributed by atoms with E-state index in [1.807, 2.05) is 25.3 Å². The molecule has 82 valence electrons. The molecule has 0 aliphatic rings. The second kappa shape index (κ2) is 6.25. The molecule has 15 heavy (non-hydrogen) atoms. The van der Waals surface area contributed by atoms with Gasteiger partial charge < -0.3 is 10.1 Å². The van der Waals surface area contributed by atoms with E-state index in [-0.39, 0.29) is 6.04 Å². The molecule has 0 aliphatic heterocycles. The van der Waals surface area contributed by atoms with Gasteiger partial charge in [0.2, 0.25) is 0 Å². The van der Waals surface area contributed by atoms with E-state index >= 15 is 0 Å². The predicted molar refractivity (Wildman–Crippen MR) is 64.2 cm³/mol. The SMILES string of the molecule is C=CC(NC)c1cccc(OCCC)c1. The third kappa shape index (κ3) is 3.40. The molecule has 1 N–H and O–H groups in total. The number of hydrogen-bond donors (Lipinski definition) is 1. The van der Waals surface area contributed by atoms with Crippen molar-refractivity contribution in [3.63, 3.8) is 0 Å². The van der Waals surface area contributed by atoms with E-state index < -0.39 is 0 Å². The van der Waals surface area contributed by atoms with Crippen molar-refractivity contribution in [1.82, 2.24) is 5.32 Å². The lowest BCUT2D eigenvalue weighted by molar-refractivity contribution is 0.317. The maximum Gasteiger partial charge on any atom is 0.119 e. The average Bonchev–Trinajstić information content (AvgIpc) is 2.29. The molecule has 0 bridgehead atoms. The zero-order valence-electron chi connectivity index (χ0n) is 9.49. The highest BCUT2D eigenvalue weighted by Crippen LogP contribution is 2.19. The molecule has 2 nitrogen and oxygen atoms in total. The molecular weight excluding hydrogens is 186 g/mol. The molecule has 1 atom stereocenters. The maximum absolute atomic E-state index is 5.57. The fraction of sp³-hybridized carbons (Fsp3) is 0.385. The summed E-state index contributed by atoms with van der Waals surface area (Å²) >= 11 is 0. The molecule has 0 saturated heterocycles. The van der Waals surface area contributed by atoms with Crippen LogP contribution in [0.1, 0.15) is 24.9 Å². The summed E-state index contributed by atoms with van der Waals surface area (Å²) in [7, 11) is 1.92. The van der Waals surface area contributed by atoms with Gasteiger partial charge >= 0.3 is 0 Å². The van der Waals surface area contributed by atoms with Gasteiger partial charge in [0.25, 0.3) is 0 Å². The van der Waals surface area contributed by atoms with Crippen LogP contribution in [0.25, 0.3) is 0 Å². The van der Waals surface area contributed by atoms with Gasteiger partial charge in [0, 0.05) is 0 Å². The number of benzene rings is 1. The van der Waals surface area contributed by atoms with Gasteiger partial charge in [-0.1, -0.05) is 25.1 Å². The number of ether oxygens (including phenoxy) is 1. The molecule has 1 unspecified atom stereocenters. The number of nitrogens with one attached hydrogen (secondary N) is 1. The Labute approximate surface area is 92.0 Å². The van der Waals surface area contributed by atoms with E-state index in [9.17, 15) is 0 Å². The monoisotopic (exact) mass is 205 g/mol. The summed E-state index contributed by atoms with van der Waals surface area (Å²) in [6, 6.07) is 8.30. The lowest BCUT2D eigenvalue weighted by Crippen LogP contribution is -2.13. The summed E-state index contributed by atoms with van der Waals surface area (Å²) in [5, 5.41) is 3.18. The van der Waals surface area contributed by atoms with Gasteiger partial charge in [-0.2, -0.15) is 0 Å². The van der Waals surface area contributed by atoms with Crippen LogP contribution in [0, 0.1) is 0 Å². The molecule has 2 heteroatoms. The normalized spacial score (nSPS) is 12.1. The summed E-state index contributed by atoms with van der Waals surface area (Å²) in [5.74, 6) is 0.927. The van der Waals surface area contributed by atoms with Gasteiger partial charge in [0.15, 0.2) is 0 Å². The van der Waals surface area contributed by atoms with Gasteiger partial charge in [-0.3, -0.25) is 0 Å². The first-order valence-corrected chi connectivity index (χ1v) is 5.34. The van der Waals surface area contributed by atoms with Crippen molar-refractivity contribution in [3.8, 4) is 5.75 Å². The average molecular weight is 205 g/mol. The van der Waals surface area contributed by atoms with Crippen molar-refractivity contribution < 1.29 is 4.74 Å². The van der Waals surface area contributed by atoms with Crippen LogP contribution in [-0.2, 0) is 0 Å². The van der Waals surface area contributed by atoms with Crippen LogP contribution in [0.15, 0.2) is 36.9 Å². The summed E-state index contributed by atoms with van der Waals surface area (Å²) in [5.41, 5.74) is 1.18. The van der Waals surface area contributed by atoms with Crippen LogP contribution >= 0.6 is 0 Å². The smallest absolute Gasteiger partial charge is 0.119 e. The Kier molecular flexibility index (Phi) is 4.91. The molecule has 0 amide bonds. The van der Waals surface area contributed by atoms with Crippen molar-refractivity contribution in [2.24, 2.45) is 0 Å². The van der Waals surface area contributed by atoms with Gasteiger partial charge in [-0.05, 0) is 31.2 Å². The lowest BCUT2D eigenvalue weighted by Gasteiger charge is -2.13. The Bertz CT molecular complexity index is 309. The molecule has 0 saturated carbocycles. The minimum absolute atomic E-state index is 0.190. The summed E-state index contributed by atoms with van der Waals surface area (Å²) in [4.78, 5) is 0. The third-order valence-corrected chi connectivity index (χ3v) is 2.24. The highest BCUT2D eigenvalue weighted by atomic mass is 16.5. The van der Waals surface area contributed by atoms with E-state index in [1.54, 1.807) is 0 Å². The highest BCUT2D eigenvalue weighted by molar-refractivity contribution is 5.32. The van der Waals surface area contributed by atoms with Crippen molar-refractivity contribution in [2.75, 3.05) is 13.7 Å². The van der Waals surface area contributed by atoms with Crippen molar-refractivity contribution >= 4 is 0 Å². The molecule has 0 aromatic heterocycles. The van der Waals surface area contributed by atoms with E-state index in [1.165, 1.54) is 5.56 Å². The molecule has 0 spiro atoms. The molecule has 0 fully saturated rings.